The van der Waals surface area contributed by atoms with Crippen LogP contribution in [0.25, 0.3) is 0 Å². The summed E-state index contributed by atoms with van der Waals surface area (Å²) in [5.74, 6) is 0. The number of rotatable bonds is 12. The first kappa shape index (κ1) is 18.9. The summed E-state index contributed by atoms with van der Waals surface area (Å²) >= 11 is 0. The summed E-state index contributed by atoms with van der Waals surface area (Å²) in [6.07, 6.45) is 12.6. The molecule has 3 nitrogen and oxygen atoms in total. The Morgan fingerprint density at radius 2 is 1.42 bits per heavy atom. The van der Waals surface area contributed by atoms with E-state index < -0.39 is 10.0 Å². The minimum absolute atomic E-state index is 0.237. The number of sulfonamides is 1. The fourth-order valence-electron chi connectivity index (χ4n) is 2.26. The van der Waals surface area contributed by atoms with Gasteiger partial charge in [0, 0.05) is 6.54 Å². The van der Waals surface area contributed by atoms with Crippen molar-refractivity contribution in [2.24, 2.45) is 5.41 Å². The van der Waals surface area contributed by atoms with Crippen LogP contribution in [0.5, 0.6) is 0 Å². The van der Waals surface area contributed by atoms with Crippen LogP contribution in [0.4, 0.5) is 0 Å². The Hall–Kier alpha value is -0.0900. The summed E-state index contributed by atoms with van der Waals surface area (Å²) < 4.78 is 24.6. The highest BCUT2D eigenvalue weighted by atomic mass is 32.2. The Morgan fingerprint density at radius 1 is 0.895 bits per heavy atom. The van der Waals surface area contributed by atoms with Crippen molar-refractivity contribution in [3.63, 3.8) is 0 Å². The molecule has 0 fully saturated rings. The van der Waals surface area contributed by atoms with Gasteiger partial charge in [0.2, 0.25) is 10.0 Å². The minimum atomic E-state index is -3.03. The molecule has 0 amide bonds. The number of nitrogens with one attached hydrogen (secondary N) is 1. The highest BCUT2D eigenvalue weighted by Gasteiger charge is 2.17. The fraction of sp³-hybridized carbons (Fsp3) is 1.00. The molecule has 0 aromatic rings. The summed E-state index contributed by atoms with van der Waals surface area (Å²) in [5.41, 5.74) is 0.237. The maximum Gasteiger partial charge on any atom is 0.208 e. The van der Waals surface area contributed by atoms with Gasteiger partial charge in [0.1, 0.15) is 0 Å². The lowest BCUT2D eigenvalue weighted by Gasteiger charge is -2.24. The third-order valence-electron chi connectivity index (χ3n) is 3.62. The van der Waals surface area contributed by atoms with Gasteiger partial charge in [-0.05, 0) is 18.3 Å². The largest absolute Gasteiger partial charge is 0.215 e. The van der Waals surface area contributed by atoms with Crippen LogP contribution in [0, 0.1) is 5.41 Å². The first-order valence-corrected chi connectivity index (χ1v) is 9.60. The van der Waals surface area contributed by atoms with Crippen LogP contribution in [0.2, 0.25) is 0 Å². The van der Waals surface area contributed by atoms with E-state index in [1.54, 1.807) is 0 Å². The van der Waals surface area contributed by atoms with Crippen LogP contribution >= 0.6 is 0 Å². The minimum Gasteiger partial charge on any atom is -0.215 e. The van der Waals surface area contributed by atoms with E-state index in [4.69, 9.17) is 0 Å². The summed E-state index contributed by atoms with van der Waals surface area (Å²) in [5, 5.41) is 0. The molecule has 0 aliphatic carbocycles. The van der Waals surface area contributed by atoms with Crippen molar-refractivity contribution < 1.29 is 8.42 Å². The Labute approximate surface area is 120 Å². The van der Waals surface area contributed by atoms with Crippen molar-refractivity contribution in [1.29, 1.82) is 0 Å². The molecule has 0 unspecified atom stereocenters. The van der Waals surface area contributed by atoms with E-state index in [9.17, 15) is 8.42 Å². The second-order valence-corrected chi connectivity index (χ2v) is 8.29. The molecule has 0 heterocycles. The monoisotopic (exact) mass is 291 g/mol. The SMILES string of the molecule is CCCCCCCCCC(C)(C)CCNS(C)(=O)=O. The zero-order valence-corrected chi connectivity index (χ0v) is 14.1. The van der Waals surface area contributed by atoms with Crippen LogP contribution in [0.1, 0.15) is 78.6 Å². The predicted octanol–water partition coefficient (Wildman–Crippen LogP) is 4.09. The Bertz CT molecular complexity index is 310. The van der Waals surface area contributed by atoms with E-state index >= 15 is 0 Å². The molecule has 0 aliphatic heterocycles. The van der Waals surface area contributed by atoms with Crippen LogP contribution in [-0.2, 0) is 10.0 Å². The standard InChI is InChI=1S/C15H33NO2S/c1-5-6-7-8-9-10-11-12-15(2,3)13-14-16-19(4,17)18/h16H,5-14H2,1-4H3. The lowest BCUT2D eigenvalue weighted by atomic mass is 9.83. The van der Waals surface area contributed by atoms with Gasteiger partial charge in [-0.2, -0.15) is 0 Å². The van der Waals surface area contributed by atoms with Gasteiger partial charge in [-0.25, -0.2) is 13.1 Å². The average Bonchev–Trinajstić information content (AvgIpc) is 2.25. The van der Waals surface area contributed by atoms with Crippen molar-refractivity contribution >= 4 is 10.0 Å². The van der Waals surface area contributed by atoms with Crippen molar-refractivity contribution in [3.8, 4) is 0 Å². The van der Waals surface area contributed by atoms with E-state index in [-0.39, 0.29) is 5.41 Å². The lowest BCUT2D eigenvalue weighted by Crippen LogP contribution is -2.27. The first-order chi connectivity index (χ1) is 8.77. The molecule has 0 saturated heterocycles. The smallest absolute Gasteiger partial charge is 0.208 e. The summed E-state index contributed by atoms with van der Waals surface area (Å²) in [7, 11) is -3.03. The second-order valence-electron chi connectivity index (χ2n) is 6.45. The number of unbranched alkanes of at least 4 members (excludes halogenated alkanes) is 6. The highest BCUT2D eigenvalue weighted by molar-refractivity contribution is 7.88. The van der Waals surface area contributed by atoms with Gasteiger partial charge in [-0.15, -0.1) is 0 Å². The number of hydrogen-bond acceptors (Lipinski definition) is 2. The van der Waals surface area contributed by atoms with Crippen molar-refractivity contribution in [3.05, 3.63) is 0 Å². The molecule has 0 bridgehead atoms. The van der Waals surface area contributed by atoms with Crippen LogP contribution in [-0.4, -0.2) is 21.2 Å². The van der Waals surface area contributed by atoms with E-state index in [1.807, 2.05) is 0 Å². The molecule has 116 valence electrons. The Morgan fingerprint density at radius 3 is 1.95 bits per heavy atom. The van der Waals surface area contributed by atoms with Crippen molar-refractivity contribution in [1.82, 2.24) is 4.72 Å². The third-order valence-corrected chi connectivity index (χ3v) is 4.35. The van der Waals surface area contributed by atoms with Gasteiger partial charge in [-0.1, -0.05) is 65.7 Å². The third kappa shape index (κ3) is 14.1. The average molecular weight is 292 g/mol. The molecule has 0 aromatic heterocycles. The van der Waals surface area contributed by atoms with E-state index in [0.717, 1.165) is 6.42 Å². The molecule has 0 aliphatic rings. The zero-order chi connectivity index (χ0) is 14.8. The van der Waals surface area contributed by atoms with Crippen LogP contribution in [0.3, 0.4) is 0 Å². The lowest BCUT2D eigenvalue weighted by molar-refractivity contribution is 0.295. The molecular weight excluding hydrogens is 258 g/mol. The molecular formula is C15H33NO2S. The van der Waals surface area contributed by atoms with Gasteiger partial charge < -0.3 is 0 Å². The highest BCUT2D eigenvalue weighted by Crippen LogP contribution is 2.27. The van der Waals surface area contributed by atoms with Gasteiger partial charge in [-0.3, -0.25) is 0 Å². The first-order valence-electron chi connectivity index (χ1n) is 7.71. The quantitative estimate of drug-likeness (QED) is 0.550. The molecule has 0 atom stereocenters. The molecule has 0 saturated carbocycles. The van der Waals surface area contributed by atoms with Gasteiger partial charge >= 0.3 is 0 Å². The van der Waals surface area contributed by atoms with Crippen LogP contribution in [0.15, 0.2) is 0 Å². The zero-order valence-electron chi connectivity index (χ0n) is 13.3. The van der Waals surface area contributed by atoms with E-state index in [0.29, 0.717) is 6.54 Å². The van der Waals surface area contributed by atoms with Gasteiger partial charge in [0.15, 0.2) is 0 Å². The predicted molar refractivity (Wildman–Crippen MR) is 83.9 cm³/mol. The van der Waals surface area contributed by atoms with E-state index in [1.165, 1.54) is 57.6 Å². The number of hydrogen-bond donors (Lipinski definition) is 1. The van der Waals surface area contributed by atoms with Crippen molar-refractivity contribution in [2.75, 3.05) is 12.8 Å². The normalized spacial score (nSPS) is 12.8. The Kier molecular flexibility index (Phi) is 9.71. The van der Waals surface area contributed by atoms with E-state index in [2.05, 4.69) is 25.5 Å². The fourth-order valence-corrected chi connectivity index (χ4v) is 2.73. The maximum atomic E-state index is 11.0. The second kappa shape index (κ2) is 9.76. The summed E-state index contributed by atoms with van der Waals surface area (Å²) in [6.45, 7) is 7.26. The van der Waals surface area contributed by atoms with Gasteiger partial charge in [0.05, 0.1) is 6.26 Å². The molecule has 0 radical (unpaired) electrons. The molecule has 0 rings (SSSR count). The topological polar surface area (TPSA) is 46.2 Å². The molecule has 4 heteroatoms. The Balaban J connectivity index is 3.56. The maximum absolute atomic E-state index is 11.0. The van der Waals surface area contributed by atoms with Gasteiger partial charge in [0.25, 0.3) is 0 Å². The van der Waals surface area contributed by atoms with Crippen molar-refractivity contribution in [2.45, 2.75) is 78.6 Å². The summed E-state index contributed by atoms with van der Waals surface area (Å²) in [6, 6.07) is 0. The molecule has 0 spiro atoms. The molecule has 0 aromatic carbocycles. The summed E-state index contributed by atoms with van der Waals surface area (Å²) in [4.78, 5) is 0. The molecule has 19 heavy (non-hydrogen) atoms. The van der Waals surface area contributed by atoms with Crippen LogP contribution < -0.4 is 4.72 Å². The molecule has 1 N–H and O–H groups in total.